The molecule has 0 bridgehead atoms. The van der Waals surface area contributed by atoms with Crippen molar-refractivity contribution in [2.75, 3.05) is 6.54 Å². The first-order valence-corrected chi connectivity index (χ1v) is 11.0. The molecule has 0 saturated carbocycles. The molecule has 4 nitrogen and oxygen atoms in total. The third kappa shape index (κ3) is 5.56. The van der Waals surface area contributed by atoms with E-state index < -0.39 is 0 Å². The number of hydrogen-bond acceptors (Lipinski definition) is 4. The number of halogens is 2. The fourth-order valence-electron chi connectivity index (χ4n) is 2.88. The highest BCUT2D eigenvalue weighted by atomic mass is 35.5. The van der Waals surface area contributed by atoms with Crippen LogP contribution < -0.4 is 4.74 Å². The Morgan fingerprint density at radius 3 is 2.66 bits per heavy atom. The van der Waals surface area contributed by atoms with E-state index in [-0.39, 0.29) is 17.8 Å². The molecule has 7 heteroatoms. The van der Waals surface area contributed by atoms with Gasteiger partial charge in [-0.05, 0) is 42.5 Å². The molecule has 3 rings (SSSR count). The maximum Gasteiger partial charge on any atom is 0.293 e. The van der Waals surface area contributed by atoms with Crippen LogP contribution in [-0.4, -0.2) is 22.6 Å². The van der Waals surface area contributed by atoms with Crippen molar-refractivity contribution in [3.05, 3.63) is 68.5 Å². The number of thioether (sulfide) groups is 1. The van der Waals surface area contributed by atoms with Crippen LogP contribution in [0.15, 0.2) is 47.4 Å². The molecule has 0 spiro atoms. The second kappa shape index (κ2) is 10.2. The van der Waals surface area contributed by atoms with Gasteiger partial charge < -0.3 is 4.74 Å². The molecule has 1 aliphatic rings. The van der Waals surface area contributed by atoms with E-state index >= 15 is 0 Å². The van der Waals surface area contributed by atoms with Crippen molar-refractivity contribution in [3.8, 4) is 5.75 Å². The van der Waals surface area contributed by atoms with Crippen molar-refractivity contribution >= 4 is 52.2 Å². The zero-order chi connectivity index (χ0) is 20.8. The normalized spacial score (nSPS) is 15.4. The minimum Gasteiger partial charge on any atom is -0.488 e. The van der Waals surface area contributed by atoms with Gasteiger partial charge in [-0.3, -0.25) is 14.5 Å². The molecule has 0 N–H and O–H groups in total. The fraction of sp³-hybridized carbons (Fsp3) is 0.273. The molecule has 2 aromatic carbocycles. The van der Waals surface area contributed by atoms with Gasteiger partial charge in [-0.25, -0.2) is 0 Å². The number of carbonyl (C=O) groups excluding carboxylic acids is 2. The van der Waals surface area contributed by atoms with Crippen LogP contribution in [0.25, 0.3) is 6.08 Å². The molecule has 1 saturated heterocycles. The third-order valence-electron chi connectivity index (χ3n) is 4.46. The fourth-order valence-corrected chi connectivity index (χ4v) is 4.20. The van der Waals surface area contributed by atoms with Gasteiger partial charge in [-0.2, -0.15) is 0 Å². The molecule has 2 aromatic rings. The number of benzene rings is 2. The van der Waals surface area contributed by atoms with E-state index in [0.717, 1.165) is 42.2 Å². The number of rotatable bonds is 8. The number of unbranched alkanes of at least 4 members (excludes halogenated alkanes) is 2. The largest absolute Gasteiger partial charge is 0.488 e. The van der Waals surface area contributed by atoms with E-state index in [9.17, 15) is 9.59 Å². The molecule has 0 unspecified atom stereocenters. The van der Waals surface area contributed by atoms with Gasteiger partial charge in [0.15, 0.2) is 0 Å². The van der Waals surface area contributed by atoms with E-state index in [1.807, 2.05) is 30.3 Å². The van der Waals surface area contributed by atoms with Crippen LogP contribution in [0.5, 0.6) is 5.75 Å². The summed E-state index contributed by atoms with van der Waals surface area (Å²) in [6.45, 7) is 2.81. The predicted molar refractivity (Wildman–Crippen MR) is 119 cm³/mol. The minimum atomic E-state index is -0.244. The molecule has 0 aromatic heterocycles. The average molecular weight is 450 g/mol. The summed E-state index contributed by atoms with van der Waals surface area (Å²) in [4.78, 5) is 26.6. The van der Waals surface area contributed by atoms with Crippen molar-refractivity contribution in [2.45, 2.75) is 32.8 Å². The summed E-state index contributed by atoms with van der Waals surface area (Å²) in [6.07, 6.45) is 4.56. The predicted octanol–water partition coefficient (Wildman–Crippen LogP) is 6.80. The van der Waals surface area contributed by atoms with E-state index in [2.05, 4.69) is 6.92 Å². The average Bonchev–Trinajstić information content (AvgIpc) is 2.96. The lowest BCUT2D eigenvalue weighted by Crippen LogP contribution is -2.29. The van der Waals surface area contributed by atoms with Gasteiger partial charge in [-0.15, -0.1) is 0 Å². The quantitative estimate of drug-likeness (QED) is 0.328. The van der Waals surface area contributed by atoms with Crippen molar-refractivity contribution in [3.63, 3.8) is 0 Å². The lowest BCUT2D eigenvalue weighted by Gasteiger charge is -2.12. The van der Waals surface area contributed by atoms with Crippen molar-refractivity contribution in [2.24, 2.45) is 0 Å². The maximum atomic E-state index is 12.6. The van der Waals surface area contributed by atoms with Gasteiger partial charge in [0.05, 0.1) is 4.91 Å². The molecular weight excluding hydrogens is 429 g/mol. The molecule has 0 aliphatic carbocycles. The first kappa shape index (κ1) is 21.8. The third-order valence-corrected chi connectivity index (χ3v) is 5.96. The van der Waals surface area contributed by atoms with Gasteiger partial charge >= 0.3 is 0 Å². The Labute approximate surface area is 184 Å². The number of amides is 2. The molecule has 0 radical (unpaired) electrons. The van der Waals surface area contributed by atoms with Crippen LogP contribution in [0.3, 0.4) is 0 Å². The zero-order valence-corrected chi connectivity index (χ0v) is 18.3. The lowest BCUT2D eigenvalue weighted by atomic mass is 10.1. The molecular formula is C22H21Cl2NO3S. The number of nitrogens with zero attached hydrogens (tertiary/aromatic N) is 1. The zero-order valence-electron chi connectivity index (χ0n) is 16.0. The summed E-state index contributed by atoms with van der Waals surface area (Å²) in [5.74, 6) is 0.364. The number of hydrogen-bond donors (Lipinski definition) is 0. The number of imide groups is 1. The lowest BCUT2D eigenvalue weighted by molar-refractivity contribution is -0.122. The second-order valence-electron chi connectivity index (χ2n) is 6.60. The maximum absolute atomic E-state index is 12.6. The summed E-state index contributed by atoms with van der Waals surface area (Å²) in [7, 11) is 0. The van der Waals surface area contributed by atoms with Gasteiger partial charge in [0.1, 0.15) is 12.4 Å². The van der Waals surface area contributed by atoms with Crippen LogP contribution in [-0.2, 0) is 11.4 Å². The smallest absolute Gasteiger partial charge is 0.293 e. The Kier molecular flexibility index (Phi) is 7.64. The molecule has 1 heterocycles. The van der Waals surface area contributed by atoms with Crippen LogP contribution in [0.1, 0.15) is 37.3 Å². The molecule has 29 heavy (non-hydrogen) atoms. The standard InChI is InChI=1S/C22H21Cl2NO3S/c1-2-3-6-11-25-21(26)20(29-22(25)27)12-15-7-4-5-8-19(15)28-14-16-9-10-17(23)13-18(16)24/h4-5,7-10,12-13H,2-3,6,11,14H2,1H3/b20-12-. The van der Waals surface area contributed by atoms with Gasteiger partial charge in [-0.1, -0.05) is 67.2 Å². The van der Waals surface area contributed by atoms with Crippen molar-refractivity contribution in [1.82, 2.24) is 4.90 Å². The molecule has 152 valence electrons. The van der Waals surface area contributed by atoms with E-state index in [1.54, 1.807) is 18.2 Å². The number of carbonyl (C=O) groups is 2. The van der Waals surface area contributed by atoms with Gasteiger partial charge in [0.25, 0.3) is 11.1 Å². The van der Waals surface area contributed by atoms with E-state index in [1.165, 1.54) is 4.90 Å². The topological polar surface area (TPSA) is 46.6 Å². The molecule has 1 aliphatic heterocycles. The molecule has 1 fully saturated rings. The summed E-state index contributed by atoms with van der Waals surface area (Å²) >= 11 is 13.1. The first-order valence-electron chi connectivity index (χ1n) is 9.40. The Hall–Kier alpha value is -1.95. The SMILES string of the molecule is CCCCCN1C(=O)S/C(=C\c2ccccc2OCc2ccc(Cl)cc2Cl)C1=O. The number of para-hydroxylation sites is 1. The van der Waals surface area contributed by atoms with Crippen LogP contribution in [0.2, 0.25) is 10.0 Å². The molecule has 0 atom stereocenters. The second-order valence-corrected chi connectivity index (χ2v) is 8.44. The van der Waals surface area contributed by atoms with Crippen LogP contribution >= 0.6 is 35.0 Å². The van der Waals surface area contributed by atoms with E-state index in [0.29, 0.717) is 27.2 Å². The monoisotopic (exact) mass is 449 g/mol. The Balaban J connectivity index is 1.75. The highest BCUT2D eigenvalue weighted by Crippen LogP contribution is 2.34. The van der Waals surface area contributed by atoms with Gasteiger partial charge in [0.2, 0.25) is 0 Å². The summed E-state index contributed by atoms with van der Waals surface area (Å²) in [6, 6.07) is 12.6. The Morgan fingerprint density at radius 2 is 1.90 bits per heavy atom. The Bertz CT molecular complexity index is 945. The van der Waals surface area contributed by atoms with Crippen molar-refractivity contribution < 1.29 is 14.3 Å². The van der Waals surface area contributed by atoms with Crippen LogP contribution in [0, 0.1) is 0 Å². The van der Waals surface area contributed by atoms with E-state index in [4.69, 9.17) is 27.9 Å². The summed E-state index contributed by atoms with van der Waals surface area (Å²) < 4.78 is 5.93. The minimum absolute atomic E-state index is 0.219. The Morgan fingerprint density at radius 1 is 1.10 bits per heavy atom. The first-order chi connectivity index (χ1) is 14.0. The number of ether oxygens (including phenoxy) is 1. The molecule has 2 amide bonds. The van der Waals surface area contributed by atoms with Crippen molar-refractivity contribution in [1.29, 1.82) is 0 Å². The summed E-state index contributed by atoms with van der Waals surface area (Å²) in [5, 5.41) is 0.876. The van der Waals surface area contributed by atoms with Crippen LogP contribution in [0.4, 0.5) is 4.79 Å². The summed E-state index contributed by atoms with van der Waals surface area (Å²) in [5.41, 5.74) is 1.54. The highest BCUT2D eigenvalue weighted by Gasteiger charge is 2.34. The van der Waals surface area contributed by atoms with Gasteiger partial charge in [0, 0.05) is 27.7 Å². The highest BCUT2D eigenvalue weighted by molar-refractivity contribution is 8.18.